The number of amides is 1. The minimum Gasteiger partial charge on any atom is -0.494 e. The van der Waals surface area contributed by atoms with Crippen LogP contribution in [0.1, 0.15) is 37.8 Å². The Morgan fingerprint density at radius 3 is 2.55 bits per heavy atom. The third-order valence-electron chi connectivity index (χ3n) is 6.37. The van der Waals surface area contributed by atoms with Crippen molar-refractivity contribution in [2.24, 2.45) is 5.41 Å². The zero-order chi connectivity index (χ0) is 19.9. The van der Waals surface area contributed by atoms with Crippen molar-refractivity contribution in [3.05, 3.63) is 60.4 Å². The molecule has 1 spiro atoms. The molecule has 0 saturated carbocycles. The highest BCUT2D eigenvalue weighted by molar-refractivity contribution is 5.77. The highest BCUT2D eigenvalue weighted by atomic mass is 16.5. The van der Waals surface area contributed by atoms with Gasteiger partial charge in [0.15, 0.2) is 0 Å². The molecule has 1 amide bonds. The minimum absolute atomic E-state index is 0.279. The van der Waals surface area contributed by atoms with Gasteiger partial charge in [0, 0.05) is 25.7 Å². The monoisotopic (exact) mass is 393 g/mol. The second-order valence-electron chi connectivity index (χ2n) is 8.43. The number of likely N-dealkylation sites (tertiary alicyclic amines) is 2. The molecule has 0 bridgehead atoms. The van der Waals surface area contributed by atoms with Crippen LogP contribution in [0.4, 0.5) is 0 Å². The molecule has 2 saturated heterocycles. The largest absolute Gasteiger partial charge is 0.494 e. The Bertz CT molecular complexity index is 773. The van der Waals surface area contributed by atoms with Crippen LogP contribution in [0.3, 0.4) is 0 Å². The Balaban J connectivity index is 1.22. The lowest BCUT2D eigenvalue weighted by atomic mass is 9.72. The van der Waals surface area contributed by atoms with Gasteiger partial charge in [-0.15, -0.1) is 0 Å². The van der Waals surface area contributed by atoms with E-state index in [1.807, 2.05) is 53.4 Å². The van der Waals surface area contributed by atoms with E-state index in [-0.39, 0.29) is 5.91 Å². The van der Waals surface area contributed by atoms with E-state index in [1.54, 1.807) is 6.20 Å². The molecule has 2 fully saturated rings. The summed E-state index contributed by atoms with van der Waals surface area (Å²) in [7, 11) is 0. The molecule has 154 valence electrons. The third kappa shape index (κ3) is 5.36. The number of ether oxygens (including phenoxy) is 1. The van der Waals surface area contributed by atoms with Gasteiger partial charge in [-0.3, -0.25) is 9.78 Å². The summed E-state index contributed by atoms with van der Waals surface area (Å²) in [5.74, 6) is 1.23. The highest BCUT2D eigenvalue weighted by Crippen LogP contribution is 2.40. The van der Waals surface area contributed by atoms with Crippen LogP contribution in [0.5, 0.6) is 5.75 Å². The molecule has 2 aliphatic rings. The number of piperidine rings is 2. The maximum atomic E-state index is 12.5. The first kappa shape index (κ1) is 19.9. The number of para-hydroxylation sites is 1. The Labute approximate surface area is 173 Å². The molecule has 5 heteroatoms. The zero-order valence-corrected chi connectivity index (χ0v) is 17.1. The normalized spacial score (nSPS) is 19.4. The van der Waals surface area contributed by atoms with E-state index < -0.39 is 0 Å². The Morgan fingerprint density at radius 2 is 1.79 bits per heavy atom. The summed E-state index contributed by atoms with van der Waals surface area (Å²) < 4.78 is 5.81. The number of aromatic nitrogens is 1. The first-order valence-corrected chi connectivity index (χ1v) is 10.8. The average Bonchev–Trinajstić information content (AvgIpc) is 2.77. The molecule has 0 aliphatic carbocycles. The van der Waals surface area contributed by atoms with E-state index in [4.69, 9.17) is 4.74 Å². The van der Waals surface area contributed by atoms with Crippen LogP contribution < -0.4 is 4.74 Å². The Hall–Kier alpha value is -2.40. The summed E-state index contributed by atoms with van der Waals surface area (Å²) in [5.41, 5.74) is 1.27. The molecule has 0 N–H and O–H groups in total. The molecule has 0 radical (unpaired) electrons. The quantitative estimate of drug-likeness (QED) is 0.672. The van der Waals surface area contributed by atoms with E-state index in [0.29, 0.717) is 18.4 Å². The number of carbonyl (C=O) groups excluding carboxylic acids is 1. The third-order valence-corrected chi connectivity index (χ3v) is 6.37. The maximum absolute atomic E-state index is 12.5. The summed E-state index contributed by atoms with van der Waals surface area (Å²) in [5, 5.41) is 0. The van der Waals surface area contributed by atoms with Crippen molar-refractivity contribution in [1.82, 2.24) is 14.8 Å². The predicted molar refractivity (Wildman–Crippen MR) is 114 cm³/mol. The van der Waals surface area contributed by atoms with Gasteiger partial charge in [0.1, 0.15) is 5.75 Å². The summed E-state index contributed by atoms with van der Waals surface area (Å²) in [6, 6.07) is 16.0. The van der Waals surface area contributed by atoms with Crippen LogP contribution in [-0.2, 0) is 11.3 Å². The maximum Gasteiger partial charge on any atom is 0.222 e. The van der Waals surface area contributed by atoms with Crippen LogP contribution in [0.15, 0.2) is 54.7 Å². The molecule has 2 aliphatic heterocycles. The summed E-state index contributed by atoms with van der Waals surface area (Å²) in [6.07, 6.45) is 6.93. The number of hydrogen-bond acceptors (Lipinski definition) is 4. The summed E-state index contributed by atoms with van der Waals surface area (Å²) in [4.78, 5) is 21.4. The summed E-state index contributed by atoms with van der Waals surface area (Å²) >= 11 is 0. The summed E-state index contributed by atoms with van der Waals surface area (Å²) in [6.45, 7) is 5.61. The standard InChI is InChI=1S/C24H31N3O2/c28-23-10-11-24(20-27(23)19-21-7-4-5-14-25-21)12-16-26(17-13-24)15-6-18-29-22-8-2-1-3-9-22/h1-5,7-9,14H,6,10-13,15-20H2. The van der Waals surface area contributed by atoms with Crippen molar-refractivity contribution in [3.8, 4) is 5.75 Å². The van der Waals surface area contributed by atoms with Crippen LogP contribution in [0, 0.1) is 5.41 Å². The Morgan fingerprint density at radius 1 is 1.00 bits per heavy atom. The van der Waals surface area contributed by atoms with Gasteiger partial charge >= 0.3 is 0 Å². The van der Waals surface area contributed by atoms with Crippen molar-refractivity contribution in [2.45, 2.75) is 38.6 Å². The van der Waals surface area contributed by atoms with Gasteiger partial charge in [0.25, 0.3) is 0 Å². The number of carbonyl (C=O) groups is 1. The lowest BCUT2D eigenvalue weighted by Crippen LogP contribution is -2.51. The van der Waals surface area contributed by atoms with Crippen molar-refractivity contribution in [3.63, 3.8) is 0 Å². The molecule has 3 heterocycles. The van der Waals surface area contributed by atoms with Crippen LogP contribution in [0.2, 0.25) is 0 Å². The van der Waals surface area contributed by atoms with Gasteiger partial charge in [-0.05, 0) is 68.5 Å². The van der Waals surface area contributed by atoms with E-state index >= 15 is 0 Å². The van der Waals surface area contributed by atoms with Crippen LogP contribution in [-0.4, -0.2) is 53.5 Å². The number of hydrogen-bond donors (Lipinski definition) is 0. The zero-order valence-electron chi connectivity index (χ0n) is 17.1. The second kappa shape index (κ2) is 9.40. The fourth-order valence-electron chi connectivity index (χ4n) is 4.59. The highest BCUT2D eigenvalue weighted by Gasteiger charge is 2.40. The molecular formula is C24H31N3O2. The van der Waals surface area contributed by atoms with Crippen molar-refractivity contribution >= 4 is 5.91 Å². The smallest absolute Gasteiger partial charge is 0.222 e. The molecule has 4 rings (SSSR count). The molecule has 2 aromatic rings. The van der Waals surface area contributed by atoms with E-state index in [2.05, 4.69) is 9.88 Å². The van der Waals surface area contributed by atoms with Gasteiger partial charge < -0.3 is 14.5 Å². The number of nitrogens with zero attached hydrogens (tertiary/aromatic N) is 3. The first-order chi connectivity index (χ1) is 14.2. The number of benzene rings is 1. The van der Waals surface area contributed by atoms with E-state index in [1.165, 1.54) is 12.8 Å². The van der Waals surface area contributed by atoms with Crippen molar-refractivity contribution in [1.29, 1.82) is 0 Å². The van der Waals surface area contributed by atoms with E-state index in [9.17, 15) is 4.79 Å². The van der Waals surface area contributed by atoms with E-state index in [0.717, 1.165) is 57.1 Å². The topological polar surface area (TPSA) is 45.7 Å². The molecule has 29 heavy (non-hydrogen) atoms. The van der Waals surface area contributed by atoms with Gasteiger partial charge in [-0.25, -0.2) is 0 Å². The molecule has 1 aromatic carbocycles. The second-order valence-corrected chi connectivity index (χ2v) is 8.43. The minimum atomic E-state index is 0.279. The lowest BCUT2D eigenvalue weighted by molar-refractivity contribution is -0.140. The first-order valence-electron chi connectivity index (χ1n) is 10.8. The molecule has 0 atom stereocenters. The molecule has 0 unspecified atom stereocenters. The molecule has 5 nitrogen and oxygen atoms in total. The number of rotatable bonds is 7. The molecule has 1 aromatic heterocycles. The van der Waals surface area contributed by atoms with Gasteiger partial charge in [-0.2, -0.15) is 0 Å². The van der Waals surface area contributed by atoms with Gasteiger partial charge in [0.2, 0.25) is 5.91 Å². The van der Waals surface area contributed by atoms with Gasteiger partial charge in [0.05, 0.1) is 18.8 Å². The lowest BCUT2D eigenvalue weighted by Gasteiger charge is -2.47. The fraction of sp³-hybridized carbons (Fsp3) is 0.500. The van der Waals surface area contributed by atoms with Crippen molar-refractivity contribution in [2.75, 3.05) is 32.8 Å². The Kier molecular flexibility index (Phi) is 6.45. The average molecular weight is 394 g/mol. The van der Waals surface area contributed by atoms with Gasteiger partial charge in [-0.1, -0.05) is 24.3 Å². The molecular weight excluding hydrogens is 362 g/mol. The fourth-order valence-corrected chi connectivity index (χ4v) is 4.59. The predicted octanol–water partition coefficient (Wildman–Crippen LogP) is 3.76. The van der Waals surface area contributed by atoms with Crippen LogP contribution >= 0.6 is 0 Å². The van der Waals surface area contributed by atoms with Crippen molar-refractivity contribution < 1.29 is 9.53 Å². The number of pyridine rings is 1. The van der Waals surface area contributed by atoms with Crippen LogP contribution in [0.25, 0.3) is 0 Å². The SMILES string of the molecule is O=C1CCC2(CCN(CCCOc3ccccc3)CC2)CN1Cc1ccccn1.